The number of thiophene rings is 6. The molecule has 0 radical (unpaired) electrons. The standard InChI is InChI=1S/C54H59N7S8/c1-7-13-16-30(10-4)19-33-21-41-43(62-33)25-39(64-41)35-27-55-49(51-47(35)57-68-59-51)45-23-37-53(66-45)54-38(61(37)29-32(12-6)18-15-9-3)24-46(67-54)50-52-48(58-69-60-52)36(28-56-50)40-26-44-42(65-40)22-34(63-44)20-31(11-5)17-14-8-2/h21-28,30-32H,7-20,29H2,1-6H3. The van der Waals surface area contributed by atoms with E-state index in [2.05, 4.69) is 94.9 Å². The lowest BCUT2D eigenvalue weighted by molar-refractivity contribution is 0.401. The highest BCUT2D eigenvalue weighted by atomic mass is 32.1. The molecule has 0 aliphatic rings. The molecule has 0 spiro atoms. The Kier molecular flexibility index (Phi) is 14.5. The summed E-state index contributed by atoms with van der Waals surface area (Å²) in [6.45, 7) is 14.9. The first-order valence-electron chi connectivity index (χ1n) is 25.2. The highest BCUT2D eigenvalue weighted by Gasteiger charge is 2.26. The summed E-state index contributed by atoms with van der Waals surface area (Å²) in [6.07, 6.45) is 21.6. The topological polar surface area (TPSA) is 82.3 Å². The molecule has 358 valence electrons. The molecule has 11 rings (SSSR count). The normalized spacial score (nSPS) is 13.8. The molecule has 69 heavy (non-hydrogen) atoms. The number of nitrogens with zero attached hydrogens (tertiary/aromatic N) is 7. The van der Waals surface area contributed by atoms with Crippen molar-refractivity contribution >= 4 is 153 Å². The fourth-order valence-electron chi connectivity index (χ4n) is 10.2. The van der Waals surface area contributed by atoms with Crippen LogP contribution in [0.4, 0.5) is 0 Å². The highest BCUT2D eigenvalue weighted by Crippen LogP contribution is 2.49. The summed E-state index contributed by atoms with van der Waals surface area (Å²) in [4.78, 5) is 18.2. The molecule has 11 aromatic rings. The van der Waals surface area contributed by atoms with Crippen LogP contribution in [0.3, 0.4) is 0 Å². The maximum Gasteiger partial charge on any atom is 0.132 e. The number of hydrogen-bond donors (Lipinski definition) is 0. The van der Waals surface area contributed by atoms with E-state index in [0.29, 0.717) is 5.92 Å². The van der Waals surface area contributed by atoms with E-state index in [-0.39, 0.29) is 0 Å². The number of fused-ring (bicyclic) bond motifs is 7. The Labute approximate surface area is 437 Å². The zero-order valence-electron chi connectivity index (χ0n) is 40.4. The molecule has 0 saturated carbocycles. The SMILES string of the molecule is CCCCC(CC)Cc1cc2sc(-c3cnc(-c4cc5c(s4)c4sc(-c6ncc(-c7cc8sc(CC(CC)CCCC)cc8s7)c7nsnc67)cc4n5CC(CC)CCCC)c4nsnc34)cc2s1. The number of hydrogen-bond acceptors (Lipinski definition) is 14. The van der Waals surface area contributed by atoms with E-state index >= 15 is 0 Å². The van der Waals surface area contributed by atoms with Crippen LogP contribution in [0.15, 0.2) is 48.8 Å². The van der Waals surface area contributed by atoms with Gasteiger partial charge < -0.3 is 4.57 Å². The Balaban J connectivity index is 0.929. The van der Waals surface area contributed by atoms with Gasteiger partial charge in [-0.25, -0.2) is 0 Å². The largest absolute Gasteiger partial charge is 0.339 e. The maximum absolute atomic E-state index is 5.23. The summed E-state index contributed by atoms with van der Waals surface area (Å²) in [6, 6.07) is 14.4. The minimum atomic E-state index is 0.588. The molecule has 3 unspecified atom stereocenters. The predicted octanol–water partition coefficient (Wildman–Crippen LogP) is 19.7. The minimum absolute atomic E-state index is 0.588. The fourth-order valence-corrected chi connectivity index (χ4v) is 18.9. The van der Waals surface area contributed by atoms with E-state index in [1.807, 2.05) is 68.0 Å². The third-order valence-corrected chi connectivity index (χ3v) is 22.5. The van der Waals surface area contributed by atoms with E-state index in [0.717, 1.165) is 79.1 Å². The summed E-state index contributed by atoms with van der Waals surface area (Å²) < 4.78 is 30.4. The van der Waals surface area contributed by atoms with E-state index in [1.165, 1.54) is 166 Å². The van der Waals surface area contributed by atoms with Crippen molar-refractivity contribution in [3.05, 3.63) is 58.5 Å². The van der Waals surface area contributed by atoms with Gasteiger partial charge in [0, 0.05) is 68.4 Å². The first-order valence-corrected chi connectivity index (χ1v) is 31.6. The van der Waals surface area contributed by atoms with Gasteiger partial charge in [0.05, 0.1) is 53.6 Å². The molecule has 0 aliphatic heterocycles. The summed E-state index contributed by atoms with van der Waals surface area (Å²) in [5.74, 6) is 2.13. The third-order valence-electron chi connectivity index (χ3n) is 14.4. The van der Waals surface area contributed by atoms with Gasteiger partial charge in [0.1, 0.15) is 33.5 Å². The number of unbranched alkanes of at least 4 members (excludes halogenated alkanes) is 3. The van der Waals surface area contributed by atoms with Crippen LogP contribution in [-0.2, 0) is 19.4 Å². The van der Waals surface area contributed by atoms with Crippen LogP contribution >= 0.6 is 91.5 Å². The monoisotopic (exact) mass is 1060 g/mol. The van der Waals surface area contributed by atoms with Crippen molar-refractivity contribution in [1.82, 2.24) is 32.0 Å². The third kappa shape index (κ3) is 9.30. The van der Waals surface area contributed by atoms with Gasteiger partial charge in [0.15, 0.2) is 0 Å². The van der Waals surface area contributed by atoms with Crippen LogP contribution in [-0.4, -0.2) is 32.0 Å². The van der Waals surface area contributed by atoms with Gasteiger partial charge in [-0.2, -0.15) is 17.5 Å². The van der Waals surface area contributed by atoms with E-state index in [1.54, 1.807) is 0 Å². The molecule has 0 fully saturated rings. The number of rotatable bonds is 22. The molecule has 3 atom stereocenters. The molecule has 0 saturated heterocycles. The summed E-state index contributed by atoms with van der Waals surface area (Å²) >= 11 is 13.9. The lowest BCUT2D eigenvalue weighted by Crippen LogP contribution is -2.09. The summed E-state index contributed by atoms with van der Waals surface area (Å²) in [5.41, 5.74) is 10.3. The molecule has 0 aromatic carbocycles. The first kappa shape index (κ1) is 47.8. The van der Waals surface area contributed by atoms with Gasteiger partial charge >= 0.3 is 0 Å². The Morgan fingerprint density at radius 1 is 0.449 bits per heavy atom. The Hall–Kier alpha value is -3.54. The van der Waals surface area contributed by atoms with Crippen molar-refractivity contribution in [3.8, 4) is 42.0 Å². The first-order chi connectivity index (χ1) is 33.9. The van der Waals surface area contributed by atoms with Crippen molar-refractivity contribution < 1.29 is 0 Å². The van der Waals surface area contributed by atoms with Crippen LogP contribution in [0, 0.1) is 17.8 Å². The second kappa shape index (κ2) is 20.9. The molecule has 0 amide bonds. The van der Waals surface area contributed by atoms with Gasteiger partial charge in [0.25, 0.3) is 0 Å². The van der Waals surface area contributed by atoms with Gasteiger partial charge in [-0.15, -0.1) is 68.0 Å². The zero-order valence-corrected chi connectivity index (χ0v) is 46.9. The Morgan fingerprint density at radius 2 is 0.870 bits per heavy atom. The minimum Gasteiger partial charge on any atom is -0.339 e. The molecule has 11 aromatic heterocycles. The van der Waals surface area contributed by atoms with Crippen LogP contribution in [0.25, 0.3) is 103 Å². The van der Waals surface area contributed by atoms with Crippen LogP contribution < -0.4 is 0 Å². The molecular formula is C54H59N7S8. The molecule has 7 nitrogen and oxygen atoms in total. The molecule has 15 heteroatoms. The van der Waals surface area contributed by atoms with Crippen LogP contribution in [0.5, 0.6) is 0 Å². The van der Waals surface area contributed by atoms with Crippen LogP contribution in [0.2, 0.25) is 0 Å². The fraction of sp³-hybridized carbons (Fsp3) is 0.444. The molecular weight excluding hydrogens is 1000 g/mol. The Morgan fingerprint density at radius 3 is 1.29 bits per heavy atom. The van der Waals surface area contributed by atoms with Crippen molar-refractivity contribution in [3.63, 3.8) is 0 Å². The summed E-state index contributed by atoms with van der Waals surface area (Å²) in [5, 5.41) is 0. The van der Waals surface area contributed by atoms with Crippen molar-refractivity contribution in [2.75, 3.05) is 0 Å². The zero-order chi connectivity index (χ0) is 47.2. The highest BCUT2D eigenvalue weighted by molar-refractivity contribution is 7.31. The second-order valence-electron chi connectivity index (χ2n) is 19.0. The maximum atomic E-state index is 5.23. The van der Waals surface area contributed by atoms with E-state index < -0.39 is 0 Å². The van der Waals surface area contributed by atoms with Gasteiger partial charge in [-0.3, -0.25) is 9.97 Å². The quantitative estimate of drug-likeness (QED) is 0.0673. The van der Waals surface area contributed by atoms with Gasteiger partial charge in [0.2, 0.25) is 0 Å². The van der Waals surface area contributed by atoms with E-state index in [4.69, 9.17) is 27.5 Å². The van der Waals surface area contributed by atoms with Gasteiger partial charge in [-0.05, 0) is 73.4 Å². The average molecular weight is 1060 g/mol. The van der Waals surface area contributed by atoms with Crippen molar-refractivity contribution in [2.45, 2.75) is 138 Å². The number of aromatic nitrogens is 7. The smallest absolute Gasteiger partial charge is 0.132 e. The lowest BCUT2D eigenvalue weighted by atomic mass is 9.95. The molecule has 11 heterocycles. The van der Waals surface area contributed by atoms with Crippen molar-refractivity contribution in [2.24, 2.45) is 17.8 Å². The summed E-state index contributed by atoms with van der Waals surface area (Å²) in [7, 11) is 0. The Bertz CT molecular complexity index is 3240. The number of pyridine rings is 2. The van der Waals surface area contributed by atoms with Crippen molar-refractivity contribution in [1.29, 1.82) is 0 Å². The van der Waals surface area contributed by atoms with Crippen LogP contribution in [0.1, 0.15) is 128 Å². The molecule has 0 aliphatic carbocycles. The van der Waals surface area contributed by atoms with E-state index in [9.17, 15) is 0 Å². The average Bonchev–Trinajstić information content (AvgIpc) is 4.21. The molecule has 0 N–H and O–H groups in total. The molecule has 0 bridgehead atoms. The second-order valence-corrected chi connectivity index (χ2v) is 26.7. The van der Waals surface area contributed by atoms with Gasteiger partial charge in [-0.1, -0.05) is 112 Å². The predicted molar refractivity (Wildman–Crippen MR) is 308 cm³/mol. The lowest BCUT2D eigenvalue weighted by Gasteiger charge is -2.16.